The zero-order valence-corrected chi connectivity index (χ0v) is 9.20. The van der Waals surface area contributed by atoms with Gasteiger partial charge >= 0.3 is 0 Å². The largest absolute Gasteiger partial charge is 0.368 e. The van der Waals surface area contributed by atoms with Gasteiger partial charge in [-0.2, -0.15) is 0 Å². The smallest absolute Gasteiger partial charge is 0.234 e. The molecule has 3 nitrogen and oxygen atoms in total. The molecule has 0 heterocycles. The second kappa shape index (κ2) is 5.73. The van der Waals surface area contributed by atoms with Crippen molar-refractivity contribution < 1.29 is 4.79 Å². The summed E-state index contributed by atoms with van der Waals surface area (Å²) in [5.74, 6) is -0.443. The van der Waals surface area contributed by atoms with Crippen LogP contribution in [-0.2, 0) is 11.2 Å². The molecule has 0 unspecified atom stereocenters. The highest BCUT2D eigenvalue weighted by Gasteiger charge is 2.07. The Morgan fingerprint density at radius 2 is 2.20 bits per heavy atom. The van der Waals surface area contributed by atoms with Gasteiger partial charge in [-0.3, -0.25) is 4.79 Å². The van der Waals surface area contributed by atoms with Crippen molar-refractivity contribution in [2.24, 2.45) is 11.5 Å². The summed E-state index contributed by atoms with van der Waals surface area (Å²) in [5.41, 5.74) is 11.7. The van der Waals surface area contributed by atoms with Gasteiger partial charge in [0.15, 0.2) is 0 Å². The van der Waals surface area contributed by atoms with Crippen LogP contribution in [0.15, 0.2) is 24.3 Å². The highest BCUT2D eigenvalue weighted by molar-refractivity contribution is 6.30. The van der Waals surface area contributed by atoms with Crippen LogP contribution in [0.2, 0.25) is 5.02 Å². The second-order valence-corrected chi connectivity index (χ2v) is 3.97. The Bertz CT molecular complexity index is 341. The van der Waals surface area contributed by atoms with Gasteiger partial charge in [-0.25, -0.2) is 0 Å². The third kappa shape index (κ3) is 4.32. The molecule has 15 heavy (non-hydrogen) atoms. The number of hydrogen-bond acceptors (Lipinski definition) is 2. The van der Waals surface area contributed by atoms with Crippen LogP contribution in [0.5, 0.6) is 0 Å². The first-order valence-electron chi connectivity index (χ1n) is 4.89. The third-order valence-corrected chi connectivity index (χ3v) is 2.47. The van der Waals surface area contributed by atoms with Crippen LogP contribution in [-0.4, -0.2) is 11.9 Å². The van der Waals surface area contributed by atoms with Crippen molar-refractivity contribution in [1.82, 2.24) is 0 Å². The lowest BCUT2D eigenvalue weighted by molar-refractivity contribution is -0.119. The van der Waals surface area contributed by atoms with Gasteiger partial charge in [0.25, 0.3) is 0 Å². The average Bonchev–Trinajstić information content (AvgIpc) is 2.17. The van der Waals surface area contributed by atoms with E-state index in [4.69, 9.17) is 23.1 Å². The molecule has 1 aromatic carbocycles. The fourth-order valence-electron chi connectivity index (χ4n) is 1.36. The number of aryl methyl sites for hydroxylation is 1. The van der Waals surface area contributed by atoms with Crippen LogP contribution in [0.25, 0.3) is 0 Å². The molecule has 0 aromatic heterocycles. The van der Waals surface area contributed by atoms with Crippen LogP contribution >= 0.6 is 11.6 Å². The molecule has 82 valence electrons. The number of benzene rings is 1. The van der Waals surface area contributed by atoms with Gasteiger partial charge in [0.1, 0.15) is 0 Å². The predicted molar refractivity (Wildman–Crippen MR) is 61.6 cm³/mol. The van der Waals surface area contributed by atoms with E-state index in [2.05, 4.69) is 0 Å². The Hall–Kier alpha value is -1.06. The highest BCUT2D eigenvalue weighted by Crippen LogP contribution is 2.13. The average molecular weight is 227 g/mol. The number of carbonyl (C=O) groups is 1. The van der Waals surface area contributed by atoms with Crippen molar-refractivity contribution in [2.75, 3.05) is 0 Å². The standard InChI is InChI=1S/C11H15ClN2O/c12-9-5-1-3-8(7-9)4-2-6-10(13)11(14)15/h1,3,5,7,10H,2,4,6,13H2,(H2,14,15)/t10-/m0/s1. The number of amides is 1. The number of halogens is 1. The SMILES string of the molecule is NC(=O)[C@@H](N)CCCc1cccc(Cl)c1. The van der Waals surface area contributed by atoms with Crippen molar-refractivity contribution in [3.05, 3.63) is 34.9 Å². The van der Waals surface area contributed by atoms with Crippen LogP contribution in [0.4, 0.5) is 0 Å². The summed E-state index contributed by atoms with van der Waals surface area (Å²) in [6.45, 7) is 0. The summed E-state index contributed by atoms with van der Waals surface area (Å²) in [4.78, 5) is 10.7. The number of rotatable bonds is 5. The molecule has 4 N–H and O–H groups in total. The normalized spacial score (nSPS) is 12.4. The topological polar surface area (TPSA) is 69.1 Å². The minimum Gasteiger partial charge on any atom is -0.368 e. The number of primary amides is 1. The lowest BCUT2D eigenvalue weighted by Gasteiger charge is -2.06. The van der Waals surface area contributed by atoms with Crippen molar-refractivity contribution in [3.63, 3.8) is 0 Å². The summed E-state index contributed by atoms with van der Waals surface area (Å²) >= 11 is 5.84. The summed E-state index contributed by atoms with van der Waals surface area (Å²) in [6, 6.07) is 7.12. The van der Waals surface area contributed by atoms with Gasteiger partial charge in [-0.15, -0.1) is 0 Å². The molecule has 1 atom stereocenters. The maximum atomic E-state index is 10.7. The lowest BCUT2D eigenvalue weighted by atomic mass is 10.1. The summed E-state index contributed by atoms with van der Waals surface area (Å²) < 4.78 is 0. The molecule has 0 saturated carbocycles. The second-order valence-electron chi connectivity index (χ2n) is 3.53. The molecule has 1 aromatic rings. The van der Waals surface area contributed by atoms with E-state index in [9.17, 15) is 4.79 Å². The first kappa shape index (κ1) is 12.0. The Balaban J connectivity index is 2.35. The van der Waals surface area contributed by atoms with Crippen LogP contribution < -0.4 is 11.5 Å². The molecule has 0 spiro atoms. The molecular weight excluding hydrogens is 212 g/mol. The van der Waals surface area contributed by atoms with E-state index < -0.39 is 11.9 Å². The molecule has 1 amide bonds. The Labute approximate surface area is 94.4 Å². The number of carbonyl (C=O) groups excluding carboxylic acids is 1. The lowest BCUT2D eigenvalue weighted by Crippen LogP contribution is -2.36. The molecule has 0 bridgehead atoms. The Kier molecular flexibility index (Phi) is 4.59. The van der Waals surface area contributed by atoms with Gasteiger partial charge in [-0.1, -0.05) is 23.7 Å². The quantitative estimate of drug-likeness (QED) is 0.799. The van der Waals surface area contributed by atoms with E-state index in [1.165, 1.54) is 0 Å². The van der Waals surface area contributed by atoms with E-state index in [0.717, 1.165) is 23.4 Å². The fourth-order valence-corrected chi connectivity index (χ4v) is 1.57. The van der Waals surface area contributed by atoms with Gasteiger partial charge in [-0.05, 0) is 37.0 Å². The Morgan fingerprint density at radius 3 is 2.80 bits per heavy atom. The van der Waals surface area contributed by atoms with E-state index in [0.29, 0.717) is 6.42 Å². The maximum Gasteiger partial charge on any atom is 0.234 e. The van der Waals surface area contributed by atoms with Crippen LogP contribution in [0.3, 0.4) is 0 Å². The van der Waals surface area contributed by atoms with Crippen molar-refractivity contribution >= 4 is 17.5 Å². The zero-order valence-electron chi connectivity index (χ0n) is 8.45. The molecule has 0 saturated heterocycles. The molecular formula is C11H15ClN2O. The van der Waals surface area contributed by atoms with Gasteiger partial charge in [0.05, 0.1) is 6.04 Å². The van der Waals surface area contributed by atoms with Crippen LogP contribution in [0.1, 0.15) is 18.4 Å². The predicted octanol–water partition coefficient (Wildman–Crippen LogP) is 1.48. The van der Waals surface area contributed by atoms with Crippen molar-refractivity contribution in [3.8, 4) is 0 Å². The number of nitrogens with two attached hydrogens (primary N) is 2. The zero-order chi connectivity index (χ0) is 11.3. The monoisotopic (exact) mass is 226 g/mol. The van der Waals surface area contributed by atoms with Gasteiger partial charge < -0.3 is 11.5 Å². The summed E-state index contributed by atoms with van der Waals surface area (Å²) in [6.07, 6.45) is 2.31. The van der Waals surface area contributed by atoms with Crippen LogP contribution in [0, 0.1) is 0 Å². The first-order chi connectivity index (χ1) is 7.09. The molecule has 0 radical (unpaired) electrons. The van der Waals surface area contributed by atoms with E-state index >= 15 is 0 Å². The molecule has 0 fully saturated rings. The van der Waals surface area contributed by atoms with E-state index in [-0.39, 0.29) is 0 Å². The van der Waals surface area contributed by atoms with E-state index in [1.54, 1.807) is 0 Å². The van der Waals surface area contributed by atoms with Crippen molar-refractivity contribution in [2.45, 2.75) is 25.3 Å². The Morgan fingerprint density at radius 1 is 1.47 bits per heavy atom. The molecule has 0 aliphatic heterocycles. The first-order valence-corrected chi connectivity index (χ1v) is 5.26. The molecule has 1 rings (SSSR count). The third-order valence-electron chi connectivity index (χ3n) is 2.24. The van der Waals surface area contributed by atoms with Crippen molar-refractivity contribution in [1.29, 1.82) is 0 Å². The maximum absolute atomic E-state index is 10.7. The van der Waals surface area contributed by atoms with Gasteiger partial charge in [0.2, 0.25) is 5.91 Å². The highest BCUT2D eigenvalue weighted by atomic mass is 35.5. The molecule has 0 aliphatic carbocycles. The fraction of sp³-hybridized carbons (Fsp3) is 0.364. The molecule has 4 heteroatoms. The summed E-state index contributed by atoms with van der Waals surface area (Å²) in [5, 5.41) is 0.728. The minimum atomic E-state index is -0.538. The molecule has 0 aliphatic rings. The minimum absolute atomic E-state index is 0.443. The van der Waals surface area contributed by atoms with Gasteiger partial charge in [0, 0.05) is 5.02 Å². The van der Waals surface area contributed by atoms with E-state index in [1.807, 2.05) is 24.3 Å². The number of hydrogen-bond donors (Lipinski definition) is 2. The summed E-state index contributed by atoms with van der Waals surface area (Å²) in [7, 11) is 0.